The zero-order valence-electron chi connectivity index (χ0n) is 24.7. The number of morpholine rings is 1. The number of carbonyl (C=O) groups is 2. The Hall–Kier alpha value is -3.56. The van der Waals surface area contributed by atoms with Crippen LogP contribution in [0.1, 0.15) is 62.4 Å². The van der Waals surface area contributed by atoms with Gasteiger partial charge in [0.15, 0.2) is 0 Å². The molecule has 0 atom stereocenters. The van der Waals surface area contributed by atoms with Gasteiger partial charge in [-0.25, -0.2) is 14.2 Å². The number of aromatic nitrogens is 2. The average Bonchev–Trinajstić information content (AvgIpc) is 3.01. The number of methoxy groups -OCH3 is 1. The molecule has 0 saturated carbocycles. The zero-order valence-corrected chi connectivity index (χ0v) is 25.4. The van der Waals surface area contributed by atoms with Crippen LogP contribution in [0, 0.1) is 5.82 Å². The number of ketones is 1. The molecule has 3 aromatic rings. The van der Waals surface area contributed by atoms with E-state index in [0.717, 1.165) is 30.4 Å². The van der Waals surface area contributed by atoms with Gasteiger partial charge in [-0.05, 0) is 60.7 Å². The third kappa shape index (κ3) is 7.25. The number of hydrogen-bond donors (Lipinski definition) is 0. The smallest absolute Gasteiger partial charge is 0.337 e. The summed E-state index contributed by atoms with van der Waals surface area (Å²) in [5, 5.41) is 0.0262. The number of esters is 1. The lowest BCUT2D eigenvalue weighted by molar-refractivity contribution is -0.118. The van der Waals surface area contributed by atoms with Gasteiger partial charge in [0.05, 0.1) is 30.9 Å². The summed E-state index contributed by atoms with van der Waals surface area (Å²) in [5.74, 6) is 0.261. The highest BCUT2D eigenvalue weighted by Gasteiger charge is 2.26. The van der Waals surface area contributed by atoms with Crippen LogP contribution in [0.15, 0.2) is 42.6 Å². The summed E-state index contributed by atoms with van der Waals surface area (Å²) < 4.78 is 24.7. The number of nitrogens with zero attached hydrogens (tertiary/aromatic N) is 4. The van der Waals surface area contributed by atoms with Crippen molar-refractivity contribution in [2.24, 2.45) is 0 Å². The van der Waals surface area contributed by atoms with Crippen LogP contribution in [0.2, 0.25) is 5.02 Å². The van der Waals surface area contributed by atoms with Crippen molar-refractivity contribution < 1.29 is 23.5 Å². The highest BCUT2D eigenvalue weighted by atomic mass is 35.5. The van der Waals surface area contributed by atoms with E-state index in [2.05, 4.69) is 18.7 Å². The van der Waals surface area contributed by atoms with Crippen LogP contribution in [-0.2, 0) is 20.7 Å². The monoisotopic (exact) mass is 596 g/mol. The van der Waals surface area contributed by atoms with Crippen LogP contribution < -0.4 is 9.80 Å². The maximum atomic E-state index is 14.1. The van der Waals surface area contributed by atoms with Crippen molar-refractivity contribution in [3.05, 3.63) is 64.6 Å². The molecule has 42 heavy (non-hydrogen) atoms. The molecule has 0 radical (unpaired) electrons. The zero-order chi connectivity index (χ0) is 30.2. The lowest BCUT2D eigenvalue weighted by Crippen LogP contribution is -2.38. The molecule has 8 nitrogen and oxygen atoms in total. The normalized spacial score (nSPS) is 13.4. The molecule has 0 N–H and O–H groups in total. The van der Waals surface area contributed by atoms with Crippen LogP contribution in [0.4, 0.5) is 21.8 Å². The molecule has 0 amide bonds. The highest BCUT2D eigenvalue weighted by Crippen LogP contribution is 2.36. The Morgan fingerprint density at radius 2 is 1.86 bits per heavy atom. The van der Waals surface area contributed by atoms with Gasteiger partial charge in [-0.1, -0.05) is 38.4 Å². The highest BCUT2D eigenvalue weighted by molar-refractivity contribution is 6.31. The van der Waals surface area contributed by atoms with Crippen LogP contribution in [0.5, 0.6) is 0 Å². The van der Waals surface area contributed by atoms with Gasteiger partial charge in [0.25, 0.3) is 0 Å². The van der Waals surface area contributed by atoms with E-state index in [9.17, 15) is 14.0 Å². The summed E-state index contributed by atoms with van der Waals surface area (Å²) in [6, 6.07) is 10.0. The average molecular weight is 597 g/mol. The molecule has 4 rings (SSSR count). The van der Waals surface area contributed by atoms with Gasteiger partial charge in [0, 0.05) is 49.4 Å². The minimum atomic E-state index is -0.492. The number of Topliss-reactive ketones (excluding diaryl/α,β-unsaturated/α-hetero) is 1. The number of rotatable bonds is 12. The summed E-state index contributed by atoms with van der Waals surface area (Å²) in [5.41, 5.74) is 3.20. The first-order chi connectivity index (χ1) is 20.3. The van der Waals surface area contributed by atoms with Gasteiger partial charge in [-0.2, -0.15) is 4.98 Å². The molecule has 0 unspecified atom stereocenters. The van der Waals surface area contributed by atoms with Gasteiger partial charge >= 0.3 is 5.97 Å². The number of anilines is 3. The minimum absolute atomic E-state index is 0.0262. The maximum absolute atomic E-state index is 14.1. The van der Waals surface area contributed by atoms with E-state index >= 15 is 0 Å². The third-order valence-corrected chi connectivity index (χ3v) is 7.72. The molecule has 0 aliphatic carbocycles. The second kappa shape index (κ2) is 14.6. The molecule has 1 aliphatic heterocycles. The minimum Gasteiger partial charge on any atom is -0.465 e. The molecule has 1 aliphatic rings. The van der Waals surface area contributed by atoms with Crippen LogP contribution >= 0.6 is 11.6 Å². The van der Waals surface area contributed by atoms with Gasteiger partial charge < -0.3 is 19.3 Å². The Morgan fingerprint density at radius 1 is 1.12 bits per heavy atom. The summed E-state index contributed by atoms with van der Waals surface area (Å²) in [6.45, 7) is 8.47. The summed E-state index contributed by atoms with van der Waals surface area (Å²) >= 11 is 6.19. The van der Waals surface area contributed by atoms with E-state index in [1.807, 2.05) is 17.9 Å². The molecule has 0 spiro atoms. The Kier molecular flexibility index (Phi) is 10.9. The fourth-order valence-corrected chi connectivity index (χ4v) is 5.43. The SMILES string of the molecule is CCCC(=O)Cc1cc(C(=O)OC)cc(-c2cnc(N(c3ccc(F)c(Cl)c3)C(CC)CC)nc2N2CCOCC2)c1. The molecule has 1 aromatic heterocycles. The van der Waals surface area contributed by atoms with Crippen molar-refractivity contribution in [2.45, 2.75) is 58.9 Å². The summed E-state index contributed by atoms with van der Waals surface area (Å²) in [6.07, 6.45) is 4.80. The second-order valence-corrected chi connectivity index (χ2v) is 10.7. The fraction of sp³-hybridized carbons (Fsp3) is 0.438. The van der Waals surface area contributed by atoms with Crippen molar-refractivity contribution in [3.63, 3.8) is 0 Å². The Bertz CT molecular complexity index is 1410. The van der Waals surface area contributed by atoms with Crippen molar-refractivity contribution in [1.82, 2.24) is 9.97 Å². The quantitative estimate of drug-likeness (QED) is 0.211. The lowest BCUT2D eigenvalue weighted by atomic mass is 9.97. The Balaban J connectivity index is 1.89. The molecule has 2 heterocycles. The van der Waals surface area contributed by atoms with Crippen molar-refractivity contribution in [2.75, 3.05) is 43.2 Å². The topological polar surface area (TPSA) is 84.9 Å². The number of halogens is 2. The van der Waals surface area contributed by atoms with Gasteiger partial charge in [-0.3, -0.25) is 4.79 Å². The predicted octanol–water partition coefficient (Wildman–Crippen LogP) is 6.80. The van der Waals surface area contributed by atoms with E-state index in [-0.39, 0.29) is 23.3 Å². The standard InChI is InChI=1S/C32H38ClFN4O4/c1-5-8-26(39)17-21-15-22(18-23(16-21)31(40)41-4)27-20-35-32(36-30(27)37-11-13-42-14-12-37)38(24(6-2)7-3)25-9-10-29(34)28(33)19-25/h9-10,15-16,18-20,24H,5-8,11-14,17H2,1-4H3. The van der Waals surface area contributed by atoms with Crippen molar-refractivity contribution >= 4 is 40.8 Å². The molecule has 10 heteroatoms. The first-order valence-electron chi connectivity index (χ1n) is 14.5. The summed E-state index contributed by atoms with van der Waals surface area (Å²) in [7, 11) is 1.34. The largest absolute Gasteiger partial charge is 0.465 e. The molecular weight excluding hydrogens is 559 g/mol. The Labute approximate surface area is 251 Å². The Morgan fingerprint density at radius 3 is 2.50 bits per heavy atom. The van der Waals surface area contributed by atoms with Crippen LogP contribution in [0.3, 0.4) is 0 Å². The fourth-order valence-electron chi connectivity index (χ4n) is 5.26. The number of ether oxygens (including phenoxy) is 2. The molecule has 1 fully saturated rings. The molecule has 224 valence electrons. The van der Waals surface area contributed by atoms with E-state index in [4.69, 9.17) is 31.0 Å². The molecule has 1 saturated heterocycles. The van der Waals surface area contributed by atoms with Crippen LogP contribution in [-0.4, -0.2) is 61.2 Å². The second-order valence-electron chi connectivity index (χ2n) is 10.3. The van der Waals surface area contributed by atoms with E-state index in [1.54, 1.807) is 30.5 Å². The first-order valence-corrected chi connectivity index (χ1v) is 14.9. The predicted molar refractivity (Wildman–Crippen MR) is 163 cm³/mol. The van der Waals surface area contributed by atoms with Crippen LogP contribution in [0.25, 0.3) is 11.1 Å². The molecular formula is C32H38ClFN4O4. The number of benzene rings is 2. The summed E-state index contributed by atoms with van der Waals surface area (Å²) in [4.78, 5) is 39.2. The first kappa shape index (κ1) is 31.4. The van der Waals surface area contributed by atoms with E-state index in [1.165, 1.54) is 13.2 Å². The van der Waals surface area contributed by atoms with Gasteiger partial charge in [-0.15, -0.1) is 0 Å². The number of hydrogen-bond acceptors (Lipinski definition) is 8. The van der Waals surface area contributed by atoms with Crippen molar-refractivity contribution in [3.8, 4) is 11.1 Å². The van der Waals surface area contributed by atoms with E-state index < -0.39 is 11.8 Å². The lowest BCUT2D eigenvalue weighted by Gasteiger charge is -2.33. The molecule has 0 bridgehead atoms. The molecule has 2 aromatic carbocycles. The maximum Gasteiger partial charge on any atom is 0.337 e. The van der Waals surface area contributed by atoms with E-state index in [0.29, 0.717) is 61.3 Å². The van der Waals surface area contributed by atoms with Gasteiger partial charge in [0.1, 0.15) is 17.4 Å². The van der Waals surface area contributed by atoms with Gasteiger partial charge in [0.2, 0.25) is 5.95 Å². The third-order valence-electron chi connectivity index (χ3n) is 7.43. The number of carbonyl (C=O) groups excluding carboxylic acids is 2. The van der Waals surface area contributed by atoms with Crippen molar-refractivity contribution in [1.29, 1.82) is 0 Å².